The van der Waals surface area contributed by atoms with Crippen molar-refractivity contribution in [1.82, 2.24) is 25.0 Å². The lowest BCUT2D eigenvalue weighted by atomic mass is 10.0. The standard InChI is InChI=1S/C12H19N5O/c18-12(11-13-9-14-15-11)17-7-3-10(4-8-17)16-5-1-2-6-16/h9-10H,1-8H2,(H,13,14,15). The first kappa shape index (κ1) is 11.6. The molecule has 1 amide bonds. The number of aromatic nitrogens is 3. The molecule has 1 N–H and O–H groups in total. The molecule has 18 heavy (non-hydrogen) atoms. The Kier molecular flexibility index (Phi) is 3.27. The van der Waals surface area contributed by atoms with Crippen molar-refractivity contribution >= 4 is 5.91 Å². The van der Waals surface area contributed by atoms with Gasteiger partial charge in [0.05, 0.1) is 0 Å². The summed E-state index contributed by atoms with van der Waals surface area (Å²) >= 11 is 0. The Morgan fingerprint density at radius 2 is 1.94 bits per heavy atom. The number of aromatic amines is 1. The maximum Gasteiger partial charge on any atom is 0.291 e. The summed E-state index contributed by atoms with van der Waals surface area (Å²) in [5, 5.41) is 6.36. The highest BCUT2D eigenvalue weighted by Crippen LogP contribution is 2.21. The van der Waals surface area contributed by atoms with Crippen LogP contribution in [0.3, 0.4) is 0 Å². The quantitative estimate of drug-likeness (QED) is 0.829. The van der Waals surface area contributed by atoms with Gasteiger partial charge in [0.15, 0.2) is 0 Å². The zero-order valence-corrected chi connectivity index (χ0v) is 10.5. The van der Waals surface area contributed by atoms with E-state index in [1.54, 1.807) is 0 Å². The van der Waals surface area contributed by atoms with Crippen molar-refractivity contribution in [1.29, 1.82) is 0 Å². The Hall–Kier alpha value is -1.43. The third-order valence-corrected chi connectivity index (χ3v) is 4.03. The van der Waals surface area contributed by atoms with E-state index in [0.29, 0.717) is 11.9 Å². The molecule has 0 aliphatic carbocycles. The van der Waals surface area contributed by atoms with Gasteiger partial charge < -0.3 is 9.80 Å². The molecule has 0 saturated carbocycles. The van der Waals surface area contributed by atoms with Crippen LogP contribution in [0.25, 0.3) is 0 Å². The molecule has 2 saturated heterocycles. The molecule has 0 unspecified atom stereocenters. The number of hydrogen-bond acceptors (Lipinski definition) is 4. The first-order chi connectivity index (χ1) is 8.84. The summed E-state index contributed by atoms with van der Waals surface area (Å²) in [5.74, 6) is 0.335. The van der Waals surface area contributed by atoms with Crippen molar-refractivity contribution in [2.24, 2.45) is 0 Å². The maximum atomic E-state index is 12.1. The summed E-state index contributed by atoms with van der Waals surface area (Å²) in [6, 6.07) is 0.672. The van der Waals surface area contributed by atoms with Gasteiger partial charge in [0.25, 0.3) is 5.91 Å². The third-order valence-electron chi connectivity index (χ3n) is 4.03. The van der Waals surface area contributed by atoms with Gasteiger partial charge in [-0.1, -0.05) is 0 Å². The van der Waals surface area contributed by atoms with E-state index in [2.05, 4.69) is 20.1 Å². The highest BCUT2D eigenvalue weighted by Gasteiger charge is 2.29. The van der Waals surface area contributed by atoms with Crippen LogP contribution in [0.15, 0.2) is 6.33 Å². The van der Waals surface area contributed by atoms with Crippen LogP contribution >= 0.6 is 0 Å². The van der Waals surface area contributed by atoms with E-state index in [9.17, 15) is 4.79 Å². The molecule has 2 aliphatic rings. The lowest BCUT2D eigenvalue weighted by Gasteiger charge is -2.36. The predicted molar refractivity (Wildman–Crippen MR) is 66.1 cm³/mol. The Bertz CT molecular complexity index is 391. The lowest BCUT2D eigenvalue weighted by molar-refractivity contribution is 0.0633. The van der Waals surface area contributed by atoms with Crippen molar-refractivity contribution in [3.05, 3.63) is 12.2 Å². The second-order valence-corrected chi connectivity index (χ2v) is 5.10. The molecule has 1 aromatic heterocycles. The number of carbonyl (C=O) groups is 1. The number of nitrogens with one attached hydrogen (secondary N) is 1. The number of hydrogen-bond donors (Lipinski definition) is 1. The summed E-state index contributed by atoms with van der Waals surface area (Å²) in [4.78, 5) is 20.4. The van der Waals surface area contributed by atoms with E-state index >= 15 is 0 Å². The Morgan fingerprint density at radius 1 is 1.22 bits per heavy atom. The number of rotatable bonds is 2. The van der Waals surface area contributed by atoms with E-state index in [1.165, 1.54) is 32.3 Å². The minimum Gasteiger partial charge on any atom is -0.336 e. The zero-order valence-electron chi connectivity index (χ0n) is 10.5. The Balaban J connectivity index is 1.55. The molecule has 98 valence electrons. The van der Waals surface area contributed by atoms with Gasteiger partial charge in [-0.15, -0.1) is 0 Å². The van der Waals surface area contributed by atoms with Crippen LogP contribution < -0.4 is 0 Å². The number of H-pyrrole nitrogens is 1. The topological polar surface area (TPSA) is 65.1 Å². The van der Waals surface area contributed by atoms with Crippen LogP contribution in [0.2, 0.25) is 0 Å². The second-order valence-electron chi connectivity index (χ2n) is 5.10. The fraction of sp³-hybridized carbons (Fsp3) is 0.750. The van der Waals surface area contributed by atoms with E-state index in [0.717, 1.165) is 25.9 Å². The van der Waals surface area contributed by atoms with Crippen LogP contribution in [0, 0.1) is 0 Å². The summed E-state index contributed by atoms with van der Waals surface area (Å²) in [5.41, 5.74) is 0. The number of nitrogens with zero attached hydrogens (tertiary/aromatic N) is 4. The van der Waals surface area contributed by atoms with E-state index < -0.39 is 0 Å². The number of amides is 1. The van der Waals surface area contributed by atoms with E-state index in [4.69, 9.17) is 0 Å². The van der Waals surface area contributed by atoms with Gasteiger partial charge in [0.1, 0.15) is 6.33 Å². The molecule has 0 atom stereocenters. The molecular weight excluding hydrogens is 230 g/mol. The molecule has 3 rings (SSSR count). The molecule has 2 fully saturated rings. The lowest BCUT2D eigenvalue weighted by Crippen LogP contribution is -2.46. The molecule has 6 heteroatoms. The summed E-state index contributed by atoms with van der Waals surface area (Å²) < 4.78 is 0. The van der Waals surface area contributed by atoms with Crippen molar-refractivity contribution in [2.45, 2.75) is 31.7 Å². The molecular formula is C12H19N5O. The fourth-order valence-corrected chi connectivity index (χ4v) is 3.00. The summed E-state index contributed by atoms with van der Waals surface area (Å²) in [7, 11) is 0. The molecule has 3 heterocycles. The van der Waals surface area contributed by atoms with Crippen LogP contribution in [0.1, 0.15) is 36.3 Å². The monoisotopic (exact) mass is 249 g/mol. The normalized spacial score (nSPS) is 22.6. The molecule has 0 radical (unpaired) electrons. The largest absolute Gasteiger partial charge is 0.336 e. The van der Waals surface area contributed by atoms with Crippen molar-refractivity contribution in [3.8, 4) is 0 Å². The maximum absolute atomic E-state index is 12.1. The highest BCUT2D eigenvalue weighted by molar-refractivity contribution is 5.90. The molecule has 0 aromatic carbocycles. The first-order valence-corrected chi connectivity index (χ1v) is 6.73. The van der Waals surface area contributed by atoms with Gasteiger partial charge in [0.2, 0.25) is 5.82 Å². The van der Waals surface area contributed by atoms with Gasteiger partial charge in [-0.3, -0.25) is 9.89 Å². The zero-order chi connectivity index (χ0) is 12.4. The minimum atomic E-state index is -0.0210. The van der Waals surface area contributed by atoms with Crippen LogP contribution in [0.4, 0.5) is 0 Å². The van der Waals surface area contributed by atoms with E-state index in [-0.39, 0.29) is 5.91 Å². The van der Waals surface area contributed by atoms with Crippen molar-refractivity contribution in [2.75, 3.05) is 26.2 Å². The van der Waals surface area contributed by atoms with E-state index in [1.807, 2.05) is 4.90 Å². The van der Waals surface area contributed by atoms with Gasteiger partial charge in [0, 0.05) is 19.1 Å². The average molecular weight is 249 g/mol. The predicted octanol–water partition coefficient (Wildman–Crippen LogP) is 0.505. The highest BCUT2D eigenvalue weighted by atomic mass is 16.2. The summed E-state index contributed by atoms with van der Waals surface area (Å²) in [6.07, 6.45) is 6.21. The van der Waals surface area contributed by atoms with Crippen LogP contribution in [0.5, 0.6) is 0 Å². The number of likely N-dealkylation sites (tertiary alicyclic amines) is 2. The Morgan fingerprint density at radius 3 is 2.56 bits per heavy atom. The third kappa shape index (κ3) is 2.25. The van der Waals surface area contributed by atoms with Crippen molar-refractivity contribution < 1.29 is 4.79 Å². The van der Waals surface area contributed by atoms with Gasteiger partial charge in [-0.2, -0.15) is 5.10 Å². The molecule has 0 bridgehead atoms. The van der Waals surface area contributed by atoms with Gasteiger partial charge >= 0.3 is 0 Å². The number of piperidine rings is 1. The average Bonchev–Trinajstić information content (AvgIpc) is 3.11. The first-order valence-electron chi connectivity index (χ1n) is 6.73. The fourth-order valence-electron chi connectivity index (χ4n) is 3.00. The minimum absolute atomic E-state index is 0.0210. The van der Waals surface area contributed by atoms with Crippen molar-refractivity contribution in [3.63, 3.8) is 0 Å². The van der Waals surface area contributed by atoms with Gasteiger partial charge in [-0.05, 0) is 38.8 Å². The molecule has 1 aromatic rings. The molecule has 6 nitrogen and oxygen atoms in total. The number of carbonyl (C=O) groups excluding carboxylic acids is 1. The molecule has 2 aliphatic heterocycles. The smallest absolute Gasteiger partial charge is 0.291 e. The van der Waals surface area contributed by atoms with Crippen LogP contribution in [-0.2, 0) is 0 Å². The van der Waals surface area contributed by atoms with Gasteiger partial charge in [-0.25, -0.2) is 4.98 Å². The van der Waals surface area contributed by atoms with Crippen LogP contribution in [-0.4, -0.2) is 63.1 Å². The summed E-state index contributed by atoms with van der Waals surface area (Å²) in [6.45, 7) is 4.14. The SMILES string of the molecule is O=C(c1ncn[nH]1)N1CCC(N2CCCC2)CC1. The Labute approximate surface area is 106 Å². The second kappa shape index (κ2) is 5.06. The molecule has 0 spiro atoms.